The molecule has 0 radical (unpaired) electrons. The fourth-order valence-corrected chi connectivity index (χ4v) is 0.995. The van der Waals surface area contributed by atoms with Crippen LogP contribution in [0, 0.1) is 17.8 Å². The maximum absolute atomic E-state index is 11.7. The lowest BCUT2D eigenvalue weighted by atomic mass is 9.97. The molecule has 1 rings (SSSR count). The molecule has 3 heteroatoms. The highest BCUT2D eigenvalue weighted by Crippen LogP contribution is 2.21. The molecule has 1 atom stereocenters. The molecule has 0 aliphatic carbocycles. The Balaban J connectivity index is 2.80. The van der Waals surface area contributed by atoms with E-state index < -0.39 is 11.5 Å². The second kappa shape index (κ2) is 4.80. The van der Waals surface area contributed by atoms with Crippen molar-refractivity contribution in [2.45, 2.75) is 26.9 Å². The van der Waals surface area contributed by atoms with Gasteiger partial charge in [-0.15, -0.1) is 6.42 Å². The third kappa shape index (κ3) is 3.09. The van der Waals surface area contributed by atoms with Crippen molar-refractivity contribution in [1.82, 2.24) is 4.98 Å². The van der Waals surface area contributed by atoms with Crippen LogP contribution in [0.4, 0.5) is 0 Å². The van der Waals surface area contributed by atoms with Crippen LogP contribution in [-0.2, 0) is 9.53 Å². The predicted molar refractivity (Wildman–Crippen MR) is 61.4 cm³/mol. The molecule has 0 aliphatic heterocycles. The van der Waals surface area contributed by atoms with Crippen LogP contribution in [0.1, 0.15) is 32.6 Å². The van der Waals surface area contributed by atoms with Gasteiger partial charge in [0, 0.05) is 6.20 Å². The van der Waals surface area contributed by atoms with Crippen molar-refractivity contribution in [2.24, 2.45) is 5.41 Å². The number of esters is 1. The van der Waals surface area contributed by atoms with Crippen LogP contribution in [0.2, 0.25) is 0 Å². The van der Waals surface area contributed by atoms with Crippen LogP contribution in [0.25, 0.3) is 0 Å². The number of ether oxygens (including phenoxy) is 1. The van der Waals surface area contributed by atoms with E-state index in [0.29, 0.717) is 5.69 Å². The van der Waals surface area contributed by atoms with Crippen LogP contribution in [0.3, 0.4) is 0 Å². The second-order valence-corrected chi connectivity index (χ2v) is 4.46. The average Bonchev–Trinajstić information content (AvgIpc) is 2.25. The molecule has 1 unspecified atom stereocenters. The van der Waals surface area contributed by atoms with Gasteiger partial charge >= 0.3 is 5.97 Å². The minimum Gasteiger partial charge on any atom is -0.442 e. The van der Waals surface area contributed by atoms with E-state index in [-0.39, 0.29) is 5.97 Å². The maximum Gasteiger partial charge on any atom is 0.312 e. The summed E-state index contributed by atoms with van der Waals surface area (Å²) < 4.78 is 5.21. The number of carbonyl (C=O) groups excluding carboxylic acids is 1. The van der Waals surface area contributed by atoms with Crippen molar-refractivity contribution in [3.63, 3.8) is 0 Å². The van der Waals surface area contributed by atoms with Gasteiger partial charge in [0.15, 0.2) is 0 Å². The zero-order chi connectivity index (χ0) is 12.2. The Morgan fingerprint density at radius 3 is 2.62 bits per heavy atom. The Kier molecular flexibility index (Phi) is 3.68. The third-order valence-corrected chi connectivity index (χ3v) is 1.95. The topological polar surface area (TPSA) is 39.2 Å². The molecule has 0 aliphatic rings. The van der Waals surface area contributed by atoms with Crippen LogP contribution >= 0.6 is 0 Å². The minimum absolute atomic E-state index is 0.332. The monoisotopic (exact) mass is 217 g/mol. The molecular formula is C13H15NO2. The molecule has 16 heavy (non-hydrogen) atoms. The smallest absolute Gasteiger partial charge is 0.312 e. The van der Waals surface area contributed by atoms with Crippen molar-refractivity contribution in [3.8, 4) is 12.3 Å². The predicted octanol–water partition coefficient (Wildman–Crippen LogP) is 2.35. The molecule has 1 aromatic rings. The van der Waals surface area contributed by atoms with Gasteiger partial charge in [-0.25, -0.2) is 0 Å². The van der Waals surface area contributed by atoms with Crippen molar-refractivity contribution in [3.05, 3.63) is 30.1 Å². The molecule has 0 N–H and O–H groups in total. The third-order valence-electron chi connectivity index (χ3n) is 1.95. The summed E-state index contributed by atoms with van der Waals surface area (Å²) >= 11 is 0. The van der Waals surface area contributed by atoms with Crippen molar-refractivity contribution in [1.29, 1.82) is 0 Å². The minimum atomic E-state index is -0.715. The number of rotatable bonds is 2. The summed E-state index contributed by atoms with van der Waals surface area (Å²) in [6.07, 6.45) is 6.23. The van der Waals surface area contributed by atoms with Crippen LogP contribution < -0.4 is 0 Å². The van der Waals surface area contributed by atoms with Crippen molar-refractivity contribution >= 4 is 5.97 Å². The number of hydrogen-bond acceptors (Lipinski definition) is 3. The number of hydrogen-bond donors (Lipinski definition) is 0. The summed E-state index contributed by atoms with van der Waals surface area (Å²) in [5, 5.41) is 0. The number of terminal acetylenes is 1. The van der Waals surface area contributed by atoms with Crippen LogP contribution in [-0.4, -0.2) is 11.0 Å². The Morgan fingerprint density at radius 2 is 2.19 bits per heavy atom. The van der Waals surface area contributed by atoms with Gasteiger partial charge in [-0.3, -0.25) is 9.78 Å². The first kappa shape index (κ1) is 12.3. The first-order valence-corrected chi connectivity index (χ1v) is 5.03. The molecule has 0 fully saturated rings. The number of carbonyl (C=O) groups is 1. The lowest BCUT2D eigenvalue weighted by molar-refractivity contribution is -0.156. The Hall–Kier alpha value is -1.82. The fourth-order valence-electron chi connectivity index (χ4n) is 0.995. The molecule has 0 aromatic carbocycles. The van der Waals surface area contributed by atoms with E-state index in [9.17, 15) is 4.79 Å². The van der Waals surface area contributed by atoms with Gasteiger partial charge in [0.05, 0.1) is 11.1 Å². The highest BCUT2D eigenvalue weighted by molar-refractivity contribution is 5.75. The normalized spacial score (nSPS) is 12.6. The molecule has 1 aromatic heterocycles. The fraction of sp³-hybridized carbons (Fsp3) is 0.385. The summed E-state index contributed by atoms with van der Waals surface area (Å²) in [5.74, 6) is 2.08. The summed E-state index contributed by atoms with van der Waals surface area (Å²) in [7, 11) is 0. The van der Waals surface area contributed by atoms with E-state index in [4.69, 9.17) is 11.2 Å². The number of aromatic nitrogens is 1. The average molecular weight is 217 g/mol. The van der Waals surface area contributed by atoms with E-state index in [1.807, 2.05) is 0 Å². The SMILES string of the molecule is C#CC(OC(=O)C(C)(C)C)c1ccccn1. The van der Waals surface area contributed by atoms with E-state index in [1.54, 1.807) is 45.2 Å². The maximum atomic E-state index is 11.7. The first-order chi connectivity index (χ1) is 7.45. The zero-order valence-corrected chi connectivity index (χ0v) is 9.73. The first-order valence-electron chi connectivity index (χ1n) is 5.03. The summed E-state index contributed by atoms with van der Waals surface area (Å²) in [4.78, 5) is 15.7. The van der Waals surface area contributed by atoms with Gasteiger partial charge in [0.25, 0.3) is 0 Å². The number of nitrogens with zero attached hydrogens (tertiary/aromatic N) is 1. The van der Waals surface area contributed by atoms with E-state index in [1.165, 1.54) is 0 Å². The van der Waals surface area contributed by atoms with E-state index in [0.717, 1.165) is 0 Å². The molecule has 0 saturated heterocycles. The van der Waals surface area contributed by atoms with E-state index in [2.05, 4.69) is 10.9 Å². The largest absolute Gasteiger partial charge is 0.442 e. The Labute approximate surface area is 95.8 Å². The van der Waals surface area contributed by atoms with Gasteiger partial charge in [-0.2, -0.15) is 0 Å². The summed E-state index contributed by atoms with van der Waals surface area (Å²) in [6.45, 7) is 5.34. The number of pyridine rings is 1. The Bertz CT molecular complexity index is 398. The van der Waals surface area contributed by atoms with Crippen molar-refractivity contribution < 1.29 is 9.53 Å². The molecule has 1 heterocycles. The zero-order valence-electron chi connectivity index (χ0n) is 9.73. The molecule has 0 amide bonds. The van der Waals surface area contributed by atoms with Gasteiger partial charge in [-0.05, 0) is 32.9 Å². The summed E-state index contributed by atoms with van der Waals surface area (Å²) in [5.41, 5.74) is 0.00626. The lowest BCUT2D eigenvalue weighted by Gasteiger charge is -2.19. The quantitative estimate of drug-likeness (QED) is 0.564. The molecule has 0 saturated carbocycles. The van der Waals surface area contributed by atoms with E-state index >= 15 is 0 Å². The molecule has 0 spiro atoms. The van der Waals surface area contributed by atoms with Crippen molar-refractivity contribution in [2.75, 3.05) is 0 Å². The highest BCUT2D eigenvalue weighted by Gasteiger charge is 2.26. The van der Waals surface area contributed by atoms with Gasteiger partial charge < -0.3 is 4.74 Å². The molecule has 84 valence electrons. The molecular weight excluding hydrogens is 202 g/mol. The van der Waals surface area contributed by atoms with Crippen LogP contribution in [0.15, 0.2) is 24.4 Å². The standard InChI is InChI=1S/C13H15NO2/c1-5-11(10-8-6-7-9-14-10)16-12(15)13(2,3)4/h1,6-9,11H,2-4H3. The molecule has 0 bridgehead atoms. The van der Waals surface area contributed by atoms with Gasteiger partial charge in [0.1, 0.15) is 0 Å². The molecule has 3 nitrogen and oxygen atoms in total. The van der Waals surface area contributed by atoms with Gasteiger partial charge in [-0.1, -0.05) is 12.0 Å². The second-order valence-electron chi connectivity index (χ2n) is 4.46. The Morgan fingerprint density at radius 1 is 1.50 bits per heavy atom. The van der Waals surface area contributed by atoms with Gasteiger partial charge in [0.2, 0.25) is 6.10 Å². The lowest BCUT2D eigenvalue weighted by Crippen LogP contribution is -2.24. The van der Waals surface area contributed by atoms with Crippen LogP contribution in [0.5, 0.6) is 0 Å². The summed E-state index contributed by atoms with van der Waals surface area (Å²) in [6, 6.07) is 5.32. The highest BCUT2D eigenvalue weighted by atomic mass is 16.5.